The van der Waals surface area contributed by atoms with Crippen LogP contribution in [0.4, 0.5) is 0 Å². The first-order valence-corrected chi connectivity index (χ1v) is 13.9. The second-order valence-corrected chi connectivity index (χ2v) is 15.2. The molecule has 3 N–H and O–H groups in total. The molecule has 4 fully saturated rings. The van der Waals surface area contributed by atoms with Crippen molar-refractivity contribution in [1.82, 2.24) is 0 Å². The predicted octanol–water partition coefficient (Wildman–Crippen LogP) is 5.56. The van der Waals surface area contributed by atoms with Gasteiger partial charge in [0.2, 0.25) is 0 Å². The molecule has 0 aromatic rings. The van der Waals surface area contributed by atoms with Crippen molar-refractivity contribution in [3.8, 4) is 0 Å². The van der Waals surface area contributed by atoms with Crippen molar-refractivity contribution in [3.05, 3.63) is 11.6 Å². The van der Waals surface area contributed by atoms with Crippen LogP contribution in [-0.2, 0) is 4.79 Å². The van der Waals surface area contributed by atoms with E-state index in [1.165, 1.54) is 5.57 Å². The average Bonchev–Trinajstić information content (AvgIpc) is 2.72. The van der Waals surface area contributed by atoms with E-state index in [2.05, 4.69) is 54.5 Å². The topological polar surface area (TPSA) is 77.8 Å². The van der Waals surface area contributed by atoms with Gasteiger partial charge in [-0.3, -0.25) is 4.79 Å². The molecule has 0 amide bonds. The summed E-state index contributed by atoms with van der Waals surface area (Å²) in [5, 5.41) is 32.4. The van der Waals surface area contributed by atoms with Gasteiger partial charge < -0.3 is 15.3 Å². The van der Waals surface area contributed by atoms with Crippen molar-refractivity contribution in [2.24, 2.45) is 50.2 Å². The Morgan fingerprint density at radius 3 is 2.14 bits per heavy atom. The van der Waals surface area contributed by atoms with Gasteiger partial charge in [0.15, 0.2) is 0 Å². The van der Waals surface area contributed by atoms with Crippen LogP contribution >= 0.6 is 0 Å². The number of hydrogen-bond acceptors (Lipinski definition) is 3. The number of fused-ring (bicyclic) bond motifs is 7. The van der Waals surface area contributed by atoms with E-state index in [0.29, 0.717) is 18.3 Å². The maximum atomic E-state index is 12.8. The summed E-state index contributed by atoms with van der Waals surface area (Å²) in [7, 11) is 0. The molecule has 9 atom stereocenters. The standard InChI is InChI=1S/C30H48O4.Na.H/c1-25(2)12-14-30(24(33)34)15-13-28(6)18(19(30)16-25)8-9-22-27(5)17-20(31)23(32)26(3,4)21(27)10-11-29(22,28)7;;/h8,19-23,31-32H,9-17H2,1-7H3,(H,33,34);;/t19-,20+,21-,22+,23-,27-,28+,29+,30-;;/m0../s1. The van der Waals surface area contributed by atoms with Crippen LogP contribution < -0.4 is 0 Å². The molecule has 0 aromatic carbocycles. The molecular weight excluding hydrogens is 447 g/mol. The number of aliphatic hydroxyl groups excluding tert-OH is 2. The third-order valence-corrected chi connectivity index (χ3v) is 13.0. The monoisotopic (exact) mass is 496 g/mol. The van der Waals surface area contributed by atoms with Crippen LogP contribution in [0.15, 0.2) is 11.6 Å². The molecule has 0 aliphatic heterocycles. The predicted molar refractivity (Wildman–Crippen MR) is 141 cm³/mol. The second kappa shape index (κ2) is 8.31. The van der Waals surface area contributed by atoms with Crippen molar-refractivity contribution < 1.29 is 20.1 Å². The third-order valence-electron chi connectivity index (χ3n) is 13.0. The number of carboxylic acids is 1. The van der Waals surface area contributed by atoms with Gasteiger partial charge in [-0.25, -0.2) is 0 Å². The molecule has 0 saturated heterocycles. The molecular formula is C30H49NaO4. The SMILES string of the molecule is CC1(C)CC[C@]2(C(=O)O)CC[C@]3(C)C(=CC[C@@H]4[C@@]5(C)C[C@@H](O)[C@H](O)C(C)(C)[C@@H]5CC[C@]43C)[C@@H]2C1.[NaH]. The minimum atomic E-state index is -0.679. The molecule has 0 bridgehead atoms. The zero-order valence-electron chi connectivity index (χ0n) is 22.6. The van der Waals surface area contributed by atoms with E-state index < -0.39 is 23.6 Å². The zero-order valence-corrected chi connectivity index (χ0v) is 22.6. The van der Waals surface area contributed by atoms with E-state index in [-0.39, 0.29) is 62.6 Å². The number of rotatable bonds is 1. The summed E-state index contributed by atoms with van der Waals surface area (Å²) in [5.41, 5.74) is 0.754. The summed E-state index contributed by atoms with van der Waals surface area (Å²) in [6, 6.07) is 0. The Hall–Kier alpha value is 0.130. The molecule has 5 aliphatic rings. The average molecular weight is 497 g/mol. The van der Waals surface area contributed by atoms with E-state index in [4.69, 9.17) is 0 Å². The number of hydrogen-bond donors (Lipinski definition) is 3. The van der Waals surface area contributed by atoms with Crippen molar-refractivity contribution in [2.45, 2.75) is 118 Å². The molecule has 0 aromatic heterocycles. The van der Waals surface area contributed by atoms with Gasteiger partial charge in [-0.15, -0.1) is 0 Å². The zero-order chi connectivity index (χ0) is 25.1. The molecule has 194 valence electrons. The Bertz CT molecular complexity index is 925. The first-order valence-electron chi connectivity index (χ1n) is 13.9. The first kappa shape index (κ1) is 28.1. The van der Waals surface area contributed by atoms with E-state index in [1.54, 1.807) is 0 Å². The normalized spacial score (nSPS) is 51.9. The van der Waals surface area contributed by atoms with Gasteiger partial charge in [0.1, 0.15) is 0 Å². The fourth-order valence-corrected chi connectivity index (χ4v) is 10.8. The first-order chi connectivity index (χ1) is 15.6. The number of aliphatic hydroxyl groups is 2. The van der Waals surface area contributed by atoms with Gasteiger partial charge in [0.25, 0.3) is 0 Å². The van der Waals surface area contributed by atoms with Crippen LogP contribution in [0.5, 0.6) is 0 Å². The van der Waals surface area contributed by atoms with Crippen LogP contribution in [0.3, 0.4) is 0 Å². The molecule has 0 unspecified atom stereocenters. The maximum absolute atomic E-state index is 12.8. The minimum absolute atomic E-state index is 0. The fourth-order valence-electron chi connectivity index (χ4n) is 10.8. The van der Waals surface area contributed by atoms with Gasteiger partial charge in [-0.05, 0) is 103 Å². The summed E-state index contributed by atoms with van der Waals surface area (Å²) in [6.45, 7) is 16.3. The number of carbonyl (C=O) groups is 1. The summed E-state index contributed by atoms with van der Waals surface area (Å²) in [4.78, 5) is 12.8. The molecule has 0 spiro atoms. The van der Waals surface area contributed by atoms with Gasteiger partial charge in [0, 0.05) is 0 Å². The second-order valence-electron chi connectivity index (χ2n) is 15.2. The molecule has 5 aliphatic carbocycles. The number of allylic oxidation sites excluding steroid dienone is 2. The van der Waals surface area contributed by atoms with Crippen molar-refractivity contribution >= 4 is 35.5 Å². The number of aliphatic carboxylic acids is 1. The Kier molecular flexibility index (Phi) is 6.68. The van der Waals surface area contributed by atoms with Gasteiger partial charge in [-0.1, -0.05) is 60.1 Å². The molecule has 0 heterocycles. The molecule has 4 nitrogen and oxygen atoms in total. The third kappa shape index (κ3) is 3.51. The summed E-state index contributed by atoms with van der Waals surface area (Å²) < 4.78 is 0. The van der Waals surface area contributed by atoms with Gasteiger partial charge in [0.05, 0.1) is 17.6 Å². The molecule has 35 heavy (non-hydrogen) atoms. The summed E-state index contributed by atoms with van der Waals surface area (Å²) >= 11 is 0. The van der Waals surface area contributed by atoms with Crippen molar-refractivity contribution in [2.75, 3.05) is 0 Å². The molecule has 5 rings (SSSR count). The summed E-state index contributed by atoms with van der Waals surface area (Å²) in [5.74, 6) is 0.365. The number of carboxylic acid groups (broad SMARTS) is 1. The van der Waals surface area contributed by atoms with E-state index in [9.17, 15) is 20.1 Å². The van der Waals surface area contributed by atoms with Crippen LogP contribution in [-0.4, -0.2) is 63.1 Å². The van der Waals surface area contributed by atoms with Crippen LogP contribution in [0.25, 0.3) is 0 Å². The van der Waals surface area contributed by atoms with Crippen LogP contribution in [0.1, 0.15) is 106 Å². The van der Waals surface area contributed by atoms with E-state index in [0.717, 1.165) is 51.4 Å². The Balaban J connectivity index is 0.00000289. The van der Waals surface area contributed by atoms with E-state index >= 15 is 0 Å². The van der Waals surface area contributed by atoms with Gasteiger partial charge >= 0.3 is 35.5 Å². The Labute approximate surface area is 235 Å². The summed E-state index contributed by atoms with van der Waals surface area (Å²) in [6.07, 6.45) is 9.45. The fraction of sp³-hybridized carbons (Fsp3) is 0.900. The molecule has 4 saturated carbocycles. The molecule has 0 radical (unpaired) electrons. The quantitative estimate of drug-likeness (QED) is 0.328. The molecule has 5 heteroatoms. The van der Waals surface area contributed by atoms with Crippen LogP contribution in [0, 0.1) is 50.2 Å². The van der Waals surface area contributed by atoms with E-state index in [1.807, 2.05) is 0 Å². The van der Waals surface area contributed by atoms with Crippen LogP contribution in [0.2, 0.25) is 0 Å². The van der Waals surface area contributed by atoms with Gasteiger partial charge in [-0.2, -0.15) is 0 Å². The van der Waals surface area contributed by atoms with Crippen molar-refractivity contribution in [1.29, 1.82) is 0 Å². The van der Waals surface area contributed by atoms with Crippen molar-refractivity contribution in [3.63, 3.8) is 0 Å². The Morgan fingerprint density at radius 1 is 0.886 bits per heavy atom. The Morgan fingerprint density at radius 2 is 1.51 bits per heavy atom.